The number of carbonyl (C=O) groups is 1. The number of thiazole rings is 1. The number of nitrogens with one attached hydrogen (secondary N) is 1. The number of anilines is 1. The lowest BCUT2D eigenvalue weighted by atomic mass is 10.2. The van der Waals surface area contributed by atoms with Crippen LogP contribution in [0.1, 0.15) is 16.1 Å². The van der Waals surface area contributed by atoms with Crippen molar-refractivity contribution in [2.24, 2.45) is 0 Å². The summed E-state index contributed by atoms with van der Waals surface area (Å²) in [5, 5.41) is 4.77. The van der Waals surface area contributed by atoms with Crippen LogP contribution in [0.15, 0.2) is 64.3 Å². The number of carbonyl (C=O) groups excluding carboxylic acids is 1. The van der Waals surface area contributed by atoms with Crippen molar-refractivity contribution in [1.82, 2.24) is 4.98 Å². The number of aromatic nitrogens is 1. The summed E-state index contributed by atoms with van der Waals surface area (Å²) in [6.07, 6.45) is 1.60. The van der Waals surface area contributed by atoms with E-state index < -0.39 is 10.8 Å². The smallest absolute Gasteiger partial charge is 0.255 e. The molecule has 0 aliphatic carbocycles. The minimum Gasteiger partial charge on any atom is -0.485 e. The minimum atomic E-state index is -1.07. The Kier molecular flexibility index (Phi) is 5.57. The van der Waals surface area contributed by atoms with Crippen molar-refractivity contribution < 1.29 is 13.7 Å². The Morgan fingerprint density at radius 3 is 2.64 bits per heavy atom. The van der Waals surface area contributed by atoms with E-state index in [9.17, 15) is 9.00 Å². The fourth-order valence-electron chi connectivity index (χ4n) is 2.15. The van der Waals surface area contributed by atoms with Crippen LogP contribution in [0.3, 0.4) is 0 Å². The molecular formula is C18H16N2O3S2. The molecule has 7 heteroatoms. The molecule has 1 amide bonds. The van der Waals surface area contributed by atoms with Crippen molar-refractivity contribution in [1.29, 1.82) is 0 Å². The zero-order valence-electron chi connectivity index (χ0n) is 13.5. The maximum Gasteiger partial charge on any atom is 0.255 e. The summed E-state index contributed by atoms with van der Waals surface area (Å²) in [5.41, 5.74) is 3.67. The van der Waals surface area contributed by atoms with Crippen LogP contribution in [0, 0.1) is 0 Å². The lowest BCUT2D eigenvalue weighted by Gasteiger charge is -2.12. The predicted molar refractivity (Wildman–Crippen MR) is 99.6 cm³/mol. The van der Waals surface area contributed by atoms with Gasteiger partial charge in [0.25, 0.3) is 5.91 Å². The summed E-state index contributed by atoms with van der Waals surface area (Å²) >= 11 is 1.51. The van der Waals surface area contributed by atoms with E-state index in [1.165, 1.54) is 11.3 Å². The van der Waals surface area contributed by atoms with E-state index >= 15 is 0 Å². The Labute approximate surface area is 152 Å². The average Bonchev–Trinajstić information content (AvgIpc) is 3.14. The summed E-state index contributed by atoms with van der Waals surface area (Å²) in [4.78, 5) is 17.3. The zero-order valence-corrected chi connectivity index (χ0v) is 15.1. The molecule has 3 aromatic rings. The van der Waals surface area contributed by atoms with E-state index in [2.05, 4.69) is 10.3 Å². The molecule has 1 N–H and O–H groups in total. The topological polar surface area (TPSA) is 68.3 Å². The molecule has 1 aromatic heterocycles. The standard InChI is InChI=1S/C18H16N2O3S2/c1-25(22)15-8-6-13(7-9-15)18(21)20-16-4-2-3-5-17(16)23-10-14-11-24-12-19-14/h2-9,11-12H,10H2,1H3,(H,20,21)/t25-/m0/s1. The first-order valence-electron chi connectivity index (χ1n) is 7.47. The average molecular weight is 372 g/mol. The van der Waals surface area contributed by atoms with Gasteiger partial charge in [-0.3, -0.25) is 9.00 Å². The second-order valence-corrected chi connectivity index (χ2v) is 7.30. The predicted octanol–water partition coefficient (Wildman–Crippen LogP) is 3.71. The Hall–Kier alpha value is -2.51. The third-order valence-electron chi connectivity index (χ3n) is 3.44. The van der Waals surface area contributed by atoms with Gasteiger partial charge in [0.15, 0.2) is 0 Å². The number of benzene rings is 2. The van der Waals surface area contributed by atoms with Crippen LogP contribution in [-0.2, 0) is 17.4 Å². The van der Waals surface area contributed by atoms with Crippen LogP contribution < -0.4 is 10.1 Å². The quantitative estimate of drug-likeness (QED) is 0.716. The minimum absolute atomic E-state index is 0.252. The lowest BCUT2D eigenvalue weighted by molar-refractivity contribution is 0.102. The second kappa shape index (κ2) is 8.04. The van der Waals surface area contributed by atoms with Gasteiger partial charge in [-0.15, -0.1) is 11.3 Å². The van der Waals surface area contributed by atoms with Gasteiger partial charge in [0.2, 0.25) is 0 Å². The van der Waals surface area contributed by atoms with Crippen molar-refractivity contribution in [3.05, 3.63) is 70.7 Å². The highest BCUT2D eigenvalue weighted by molar-refractivity contribution is 7.84. The summed E-state index contributed by atoms with van der Waals surface area (Å²) < 4.78 is 17.2. The van der Waals surface area contributed by atoms with Crippen molar-refractivity contribution >= 4 is 33.7 Å². The van der Waals surface area contributed by atoms with Crippen LogP contribution in [0.25, 0.3) is 0 Å². The molecule has 1 heterocycles. The Bertz CT molecular complexity index is 878. The molecule has 0 saturated carbocycles. The largest absolute Gasteiger partial charge is 0.485 e. The normalized spacial score (nSPS) is 11.7. The van der Waals surface area contributed by atoms with Gasteiger partial charge in [0.05, 0.1) is 16.9 Å². The number of nitrogens with zero attached hydrogens (tertiary/aromatic N) is 1. The Morgan fingerprint density at radius 2 is 1.96 bits per heavy atom. The number of amides is 1. The molecule has 0 saturated heterocycles. The maximum absolute atomic E-state index is 12.4. The number of para-hydroxylation sites is 2. The van der Waals surface area contributed by atoms with Crippen LogP contribution in [-0.4, -0.2) is 21.4 Å². The molecule has 0 aliphatic rings. The number of rotatable bonds is 6. The van der Waals surface area contributed by atoms with Gasteiger partial charge in [-0.2, -0.15) is 0 Å². The Morgan fingerprint density at radius 1 is 1.20 bits per heavy atom. The van der Waals surface area contributed by atoms with E-state index in [-0.39, 0.29) is 5.91 Å². The molecule has 5 nitrogen and oxygen atoms in total. The summed E-state index contributed by atoms with van der Waals surface area (Å²) in [5.74, 6) is 0.327. The molecule has 0 unspecified atom stereocenters. The molecular weight excluding hydrogens is 356 g/mol. The molecule has 0 radical (unpaired) electrons. The molecule has 1 atom stereocenters. The molecule has 128 valence electrons. The highest BCUT2D eigenvalue weighted by Gasteiger charge is 2.11. The first-order valence-corrected chi connectivity index (χ1v) is 9.97. The first-order chi connectivity index (χ1) is 12.1. The van der Waals surface area contributed by atoms with E-state index in [0.717, 1.165) is 5.69 Å². The fourth-order valence-corrected chi connectivity index (χ4v) is 3.21. The lowest BCUT2D eigenvalue weighted by Crippen LogP contribution is -2.13. The van der Waals surface area contributed by atoms with Crippen LogP contribution in [0.5, 0.6) is 5.75 Å². The van der Waals surface area contributed by atoms with E-state index in [0.29, 0.717) is 28.5 Å². The third kappa shape index (κ3) is 4.52. The molecule has 0 aliphatic heterocycles. The summed E-state index contributed by atoms with van der Waals surface area (Å²) in [7, 11) is -1.07. The fraction of sp³-hybridized carbons (Fsp3) is 0.111. The third-order valence-corrected chi connectivity index (χ3v) is 5.01. The molecule has 2 aromatic carbocycles. The van der Waals surface area contributed by atoms with Gasteiger partial charge in [-0.05, 0) is 36.4 Å². The van der Waals surface area contributed by atoms with Crippen LogP contribution in [0.4, 0.5) is 5.69 Å². The molecule has 0 bridgehead atoms. The van der Waals surface area contributed by atoms with E-state index in [1.54, 1.807) is 48.2 Å². The van der Waals surface area contributed by atoms with Gasteiger partial charge in [0, 0.05) is 32.9 Å². The number of hydrogen-bond acceptors (Lipinski definition) is 5. The van der Waals surface area contributed by atoms with E-state index in [1.807, 2.05) is 17.5 Å². The maximum atomic E-state index is 12.4. The number of ether oxygens (including phenoxy) is 1. The zero-order chi connectivity index (χ0) is 17.6. The molecule has 0 spiro atoms. The first kappa shape index (κ1) is 17.3. The van der Waals surface area contributed by atoms with Crippen LogP contribution in [0.2, 0.25) is 0 Å². The molecule has 3 rings (SSSR count). The van der Waals surface area contributed by atoms with Gasteiger partial charge in [0.1, 0.15) is 12.4 Å². The van der Waals surface area contributed by atoms with E-state index in [4.69, 9.17) is 4.74 Å². The van der Waals surface area contributed by atoms with Gasteiger partial charge >= 0.3 is 0 Å². The highest BCUT2D eigenvalue weighted by atomic mass is 32.2. The second-order valence-electron chi connectivity index (χ2n) is 5.20. The van der Waals surface area contributed by atoms with Crippen LogP contribution >= 0.6 is 11.3 Å². The SMILES string of the molecule is C[S@](=O)c1ccc(C(=O)Nc2ccccc2OCc2cscn2)cc1. The van der Waals surface area contributed by atoms with Gasteiger partial charge < -0.3 is 10.1 Å². The van der Waals surface area contributed by atoms with Crippen molar-refractivity contribution in [3.63, 3.8) is 0 Å². The van der Waals surface area contributed by atoms with Gasteiger partial charge in [-0.25, -0.2) is 4.98 Å². The molecule has 25 heavy (non-hydrogen) atoms. The van der Waals surface area contributed by atoms with Crippen molar-refractivity contribution in [2.75, 3.05) is 11.6 Å². The molecule has 0 fully saturated rings. The highest BCUT2D eigenvalue weighted by Crippen LogP contribution is 2.25. The number of hydrogen-bond donors (Lipinski definition) is 1. The monoisotopic (exact) mass is 372 g/mol. The Balaban J connectivity index is 1.71. The summed E-state index contributed by atoms with van der Waals surface area (Å²) in [6, 6.07) is 13.9. The van der Waals surface area contributed by atoms with Crippen molar-refractivity contribution in [2.45, 2.75) is 11.5 Å². The summed E-state index contributed by atoms with van der Waals surface area (Å²) in [6.45, 7) is 0.341. The van der Waals surface area contributed by atoms with Crippen molar-refractivity contribution in [3.8, 4) is 5.75 Å². The van der Waals surface area contributed by atoms with Gasteiger partial charge in [-0.1, -0.05) is 12.1 Å².